The van der Waals surface area contributed by atoms with Crippen LogP contribution in [-0.2, 0) is 15.9 Å². The molecule has 1 amide bonds. The van der Waals surface area contributed by atoms with Gasteiger partial charge >= 0.3 is 12.1 Å². The molecule has 0 aliphatic carbocycles. The number of carbonyl (C=O) groups is 2. The van der Waals surface area contributed by atoms with Crippen LogP contribution in [0.15, 0.2) is 16.6 Å². The van der Waals surface area contributed by atoms with Gasteiger partial charge in [0.15, 0.2) is 0 Å². The summed E-state index contributed by atoms with van der Waals surface area (Å²) in [6, 6.07) is 3.60. The highest BCUT2D eigenvalue weighted by atomic mass is 79.9. The summed E-state index contributed by atoms with van der Waals surface area (Å²) in [5.41, 5.74) is 1.33. The summed E-state index contributed by atoms with van der Waals surface area (Å²) in [4.78, 5) is 26.1. The first-order valence-electron chi connectivity index (χ1n) is 7.23. The van der Waals surface area contributed by atoms with E-state index in [0.29, 0.717) is 24.2 Å². The number of ether oxygens (including phenoxy) is 2. The molecule has 0 aromatic heterocycles. The lowest BCUT2D eigenvalue weighted by molar-refractivity contribution is 0.0527. The van der Waals surface area contributed by atoms with Gasteiger partial charge in [-0.05, 0) is 51.8 Å². The van der Waals surface area contributed by atoms with E-state index in [4.69, 9.17) is 9.47 Å². The number of carbonyl (C=O) groups excluding carboxylic acids is 2. The summed E-state index contributed by atoms with van der Waals surface area (Å²) >= 11 is 3.40. The molecular weight excluding hydrogens is 350 g/mol. The summed E-state index contributed by atoms with van der Waals surface area (Å²) in [5, 5.41) is 0. The summed E-state index contributed by atoms with van der Waals surface area (Å²) in [5.74, 6) is -0.435. The van der Waals surface area contributed by atoms with Crippen molar-refractivity contribution in [1.29, 1.82) is 0 Å². The van der Waals surface area contributed by atoms with Gasteiger partial charge in [0.2, 0.25) is 0 Å². The van der Waals surface area contributed by atoms with Gasteiger partial charge in [0, 0.05) is 11.0 Å². The summed E-state index contributed by atoms with van der Waals surface area (Å²) in [6.07, 6.45) is 0.236. The van der Waals surface area contributed by atoms with Gasteiger partial charge in [-0.1, -0.05) is 15.9 Å². The molecule has 0 N–H and O–H groups in total. The zero-order chi connectivity index (χ0) is 16.5. The molecule has 0 atom stereocenters. The molecule has 0 unspecified atom stereocenters. The first-order valence-corrected chi connectivity index (χ1v) is 8.02. The number of hydrogen-bond donors (Lipinski definition) is 0. The van der Waals surface area contributed by atoms with E-state index in [2.05, 4.69) is 15.9 Å². The van der Waals surface area contributed by atoms with Crippen molar-refractivity contribution in [1.82, 2.24) is 0 Å². The minimum atomic E-state index is -0.584. The molecular formula is C16H20BrNO4. The van der Waals surface area contributed by atoms with E-state index in [0.717, 1.165) is 10.0 Å². The van der Waals surface area contributed by atoms with Crippen molar-refractivity contribution in [2.45, 2.75) is 39.7 Å². The highest BCUT2D eigenvalue weighted by Crippen LogP contribution is 2.36. The van der Waals surface area contributed by atoms with E-state index >= 15 is 0 Å². The van der Waals surface area contributed by atoms with Crippen LogP contribution in [0.4, 0.5) is 10.5 Å². The summed E-state index contributed by atoms with van der Waals surface area (Å²) in [7, 11) is 0. The van der Waals surface area contributed by atoms with Gasteiger partial charge < -0.3 is 9.47 Å². The number of halogens is 1. The number of benzene rings is 1. The Kier molecular flexibility index (Phi) is 4.80. The Morgan fingerprint density at radius 1 is 1.32 bits per heavy atom. The highest BCUT2D eigenvalue weighted by molar-refractivity contribution is 9.10. The quantitative estimate of drug-likeness (QED) is 0.741. The first kappa shape index (κ1) is 16.8. The van der Waals surface area contributed by atoms with E-state index < -0.39 is 17.7 Å². The van der Waals surface area contributed by atoms with Crippen LogP contribution in [0.1, 0.15) is 43.6 Å². The van der Waals surface area contributed by atoms with Crippen molar-refractivity contribution in [3.63, 3.8) is 0 Å². The molecule has 6 heteroatoms. The molecule has 22 heavy (non-hydrogen) atoms. The van der Waals surface area contributed by atoms with Gasteiger partial charge in [-0.2, -0.15) is 0 Å². The number of amides is 1. The van der Waals surface area contributed by atoms with Gasteiger partial charge in [0.25, 0.3) is 0 Å². The van der Waals surface area contributed by atoms with Gasteiger partial charge in [0.1, 0.15) is 5.60 Å². The number of nitrogens with zero attached hydrogens (tertiary/aromatic N) is 1. The molecule has 1 aliphatic heterocycles. The maximum Gasteiger partial charge on any atom is 0.414 e. The van der Waals surface area contributed by atoms with Crippen LogP contribution in [-0.4, -0.2) is 30.8 Å². The Morgan fingerprint density at radius 2 is 2.00 bits per heavy atom. The predicted molar refractivity (Wildman–Crippen MR) is 87.4 cm³/mol. The van der Waals surface area contributed by atoms with Crippen LogP contribution in [0.5, 0.6) is 0 Å². The molecule has 0 radical (unpaired) electrons. The number of hydrogen-bond acceptors (Lipinski definition) is 4. The predicted octanol–water partition coefficient (Wildman–Crippen LogP) is 3.92. The molecule has 1 aliphatic rings. The monoisotopic (exact) mass is 369 g/mol. The summed E-state index contributed by atoms with van der Waals surface area (Å²) in [6.45, 7) is 7.97. The average molecular weight is 370 g/mol. The normalized spacial score (nSPS) is 13.8. The van der Waals surface area contributed by atoms with Gasteiger partial charge in [-0.25, -0.2) is 9.59 Å². The Labute approximate surface area is 138 Å². The lowest BCUT2D eigenvalue weighted by Gasteiger charge is -2.25. The van der Waals surface area contributed by atoms with E-state index in [1.54, 1.807) is 13.0 Å². The maximum absolute atomic E-state index is 12.4. The number of esters is 1. The van der Waals surface area contributed by atoms with Crippen LogP contribution in [0.25, 0.3) is 0 Å². The fraction of sp³-hybridized carbons (Fsp3) is 0.500. The van der Waals surface area contributed by atoms with E-state index in [1.165, 1.54) is 4.90 Å². The molecule has 0 spiro atoms. The second kappa shape index (κ2) is 6.28. The topological polar surface area (TPSA) is 55.8 Å². The molecule has 1 heterocycles. The van der Waals surface area contributed by atoms with E-state index in [1.807, 2.05) is 26.8 Å². The second-order valence-electron chi connectivity index (χ2n) is 6.06. The first-order chi connectivity index (χ1) is 10.2. The van der Waals surface area contributed by atoms with E-state index in [-0.39, 0.29) is 6.61 Å². The minimum Gasteiger partial charge on any atom is -0.462 e. The molecule has 120 valence electrons. The van der Waals surface area contributed by atoms with Crippen molar-refractivity contribution in [3.05, 3.63) is 27.7 Å². The third-order valence-corrected chi connectivity index (χ3v) is 3.60. The second-order valence-corrected chi connectivity index (χ2v) is 6.98. The largest absolute Gasteiger partial charge is 0.462 e. The Balaban J connectivity index is 2.40. The molecule has 1 aromatic rings. The number of fused-ring (bicyclic) bond motifs is 1. The lowest BCUT2D eigenvalue weighted by atomic mass is 10.1. The Hall–Kier alpha value is -1.56. The zero-order valence-electron chi connectivity index (χ0n) is 13.2. The van der Waals surface area contributed by atoms with Crippen molar-refractivity contribution in [2.75, 3.05) is 18.1 Å². The van der Waals surface area contributed by atoms with Crippen molar-refractivity contribution < 1.29 is 19.1 Å². The Morgan fingerprint density at radius 3 is 2.59 bits per heavy atom. The molecule has 1 aromatic carbocycles. The SMILES string of the molecule is CCOC(=O)c1cc(Br)cc2c1N(C(=O)OC(C)(C)C)CC2. The third-order valence-electron chi connectivity index (χ3n) is 3.14. The standard InChI is InChI=1S/C16H20BrNO4/c1-5-21-14(19)12-9-11(17)8-10-6-7-18(13(10)12)15(20)22-16(2,3)4/h8-9H,5-7H2,1-4H3. The molecule has 0 bridgehead atoms. The molecule has 0 fully saturated rings. The number of anilines is 1. The molecule has 2 rings (SSSR count). The highest BCUT2D eigenvalue weighted by Gasteiger charge is 2.33. The maximum atomic E-state index is 12.4. The average Bonchev–Trinajstić information content (AvgIpc) is 2.79. The van der Waals surface area contributed by atoms with Gasteiger partial charge in [-0.3, -0.25) is 4.90 Å². The smallest absolute Gasteiger partial charge is 0.414 e. The molecule has 0 saturated carbocycles. The molecule has 5 nitrogen and oxygen atoms in total. The fourth-order valence-electron chi connectivity index (χ4n) is 2.37. The van der Waals surface area contributed by atoms with E-state index in [9.17, 15) is 9.59 Å². The van der Waals surface area contributed by atoms with Crippen LogP contribution in [0.2, 0.25) is 0 Å². The minimum absolute atomic E-state index is 0.284. The van der Waals surface area contributed by atoms with Crippen LogP contribution >= 0.6 is 15.9 Å². The van der Waals surface area contributed by atoms with Crippen molar-refractivity contribution in [3.8, 4) is 0 Å². The Bertz CT molecular complexity index is 607. The van der Waals surface area contributed by atoms with Crippen LogP contribution in [0.3, 0.4) is 0 Å². The van der Waals surface area contributed by atoms with Crippen molar-refractivity contribution in [2.24, 2.45) is 0 Å². The summed E-state index contributed by atoms with van der Waals surface area (Å²) < 4.78 is 11.3. The van der Waals surface area contributed by atoms with Crippen LogP contribution in [0, 0.1) is 0 Å². The van der Waals surface area contributed by atoms with Crippen molar-refractivity contribution >= 4 is 33.7 Å². The zero-order valence-corrected chi connectivity index (χ0v) is 14.8. The fourth-order valence-corrected chi connectivity index (χ4v) is 2.88. The third kappa shape index (κ3) is 3.61. The van der Waals surface area contributed by atoms with Gasteiger partial charge in [0.05, 0.1) is 17.9 Å². The molecule has 0 saturated heterocycles. The van der Waals surface area contributed by atoms with Gasteiger partial charge in [-0.15, -0.1) is 0 Å². The lowest BCUT2D eigenvalue weighted by Crippen LogP contribution is -2.36. The van der Waals surface area contributed by atoms with Crippen LogP contribution < -0.4 is 4.90 Å². The number of rotatable bonds is 2.